The summed E-state index contributed by atoms with van der Waals surface area (Å²) in [6, 6.07) is 6.05. The number of rotatable bonds is 12. The zero-order valence-electron chi connectivity index (χ0n) is 23.4. The molecule has 1 heterocycles. The highest BCUT2D eigenvalue weighted by Gasteiger charge is 2.22. The highest BCUT2D eigenvalue weighted by molar-refractivity contribution is 6.30. The molecular formula is C30H35ClFN5O3. The zero-order chi connectivity index (χ0) is 29.7. The molecule has 0 radical (unpaired) electrons. The minimum Gasteiger partial charge on any atom is -0.376 e. The van der Waals surface area contributed by atoms with Gasteiger partial charge in [-0.1, -0.05) is 36.2 Å². The normalized spacial score (nSPS) is 12.3. The first-order valence-electron chi connectivity index (χ1n) is 12.7. The second-order valence-corrected chi connectivity index (χ2v) is 9.45. The Balaban J connectivity index is 2.11. The fourth-order valence-corrected chi connectivity index (χ4v) is 3.62. The molecule has 2 rings (SSSR count). The van der Waals surface area contributed by atoms with Gasteiger partial charge >= 0.3 is 0 Å². The Bertz CT molecular complexity index is 1300. The average molecular weight is 568 g/mol. The number of benzene rings is 1. The van der Waals surface area contributed by atoms with Crippen molar-refractivity contribution in [1.29, 1.82) is 0 Å². The maximum absolute atomic E-state index is 14.1. The minimum atomic E-state index is -0.582. The van der Waals surface area contributed by atoms with Crippen molar-refractivity contribution in [3.63, 3.8) is 0 Å². The monoisotopic (exact) mass is 567 g/mol. The van der Waals surface area contributed by atoms with Crippen LogP contribution in [0.5, 0.6) is 0 Å². The molecule has 0 aliphatic rings. The van der Waals surface area contributed by atoms with Crippen molar-refractivity contribution < 1.29 is 18.7 Å². The van der Waals surface area contributed by atoms with Gasteiger partial charge in [0.1, 0.15) is 12.4 Å². The molecule has 0 aliphatic carbocycles. The molecule has 2 amide bonds. The van der Waals surface area contributed by atoms with Crippen LogP contribution in [0.2, 0.25) is 5.02 Å². The number of nitrogens with zero attached hydrogens (tertiary/aromatic N) is 4. The van der Waals surface area contributed by atoms with E-state index in [2.05, 4.69) is 33.7 Å². The Morgan fingerprint density at radius 2 is 1.88 bits per heavy atom. The van der Waals surface area contributed by atoms with Gasteiger partial charge in [0, 0.05) is 48.9 Å². The van der Waals surface area contributed by atoms with Crippen LogP contribution in [0.15, 0.2) is 72.9 Å². The number of methoxy groups -OCH3 is 1. The molecule has 1 aromatic carbocycles. The van der Waals surface area contributed by atoms with Crippen LogP contribution in [0.3, 0.4) is 0 Å². The number of ether oxygens (including phenoxy) is 1. The van der Waals surface area contributed by atoms with Gasteiger partial charge in [-0.15, -0.1) is 0 Å². The molecule has 40 heavy (non-hydrogen) atoms. The fourth-order valence-electron chi connectivity index (χ4n) is 3.42. The van der Waals surface area contributed by atoms with Crippen molar-refractivity contribution in [2.45, 2.75) is 46.4 Å². The maximum Gasteiger partial charge on any atom is 0.243 e. The van der Waals surface area contributed by atoms with Gasteiger partial charge in [-0.05, 0) is 64.1 Å². The average Bonchev–Trinajstić information content (AvgIpc) is 2.95. The summed E-state index contributed by atoms with van der Waals surface area (Å²) in [7, 11) is 1.59. The van der Waals surface area contributed by atoms with Crippen molar-refractivity contribution >= 4 is 23.4 Å². The highest BCUT2D eigenvalue weighted by atomic mass is 35.5. The summed E-state index contributed by atoms with van der Waals surface area (Å²) in [5.74, 6) is 5.09. The van der Waals surface area contributed by atoms with Gasteiger partial charge in [0.05, 0.1) is 17.7 Å². The Hall–Kier alpha value is -4.00. The third-order valence-corrected chi connectivity index (χ3v) is 6.22. The molecule has 1 unspecified atom stereocenters. The lowest BCUT2D eigenvalue weighted by Gasteiger charge is -2.29. The first-order chi connectivity index (χ1) is 19.1. The molecule has 1 aromatic heterocycles. The number of carbonyl (C=O) groups is 2. The number of amides is 2. The summed E-state index contributed by atoms with van der Waals surface area (Å²) < 4.78 is 19.6. The summed E-state index contributed by atoms with van der Waals surface area (Å²) >= 11 is 5.81. The summed E-state index contributed by atoms with van der Waals surface area (Å²) in [6.07, 6.45) is 8.11. The van der Waals surface area contributed by atoms with Crippen LogP contribution < -0.4 is 5.32 Å². The van der Waals surface area contributed by atoms with Gasteiger partial charge in [-0.2, -0.15) is 0 Å². The van der Waals surface area contributed by atoms with Crippen LogP contribution in [0.4, 0.5) is 4.39 Å². The van der Waals surface area contributed by atoms with Gasteiger partial charge < -0.3 is 19.9 Å². The van der Waals surface area contributed by atoms with Crippen molar-refractivity contribution in [2.75, 3.05) is 20.2 Å². The lowest BCUT2D eigenvalue weighted by Crippen LogP contribution is -2.47. The van der Waals surface area contributed by atoms with Crippen LogP contribution in [0.1, 0.15) is 39.1 Å². The molecule has 1 atom stereocenters. The minimum absolute atomic E-state index is 0.0189. The Kier molecular flexibility index (Phi) is 13.0. The zero-order valence-corrected chi connectivity index (χ0v) is 24.2. The molecule has 1 N–H and O–H groups in total. The largest absolute Gasteiger partial charge is 0.376 e. The Morgan fingerprint density at radius 1 is 1.18 bits per heavy atom. The number of nitrogens with one attached hydrogen (secondary N) is 1. The van der Waals surface area contributed by atoms with E-state index in [1.54, 1.807) is 42.7 Å². The van der Waals surface area contributed by atoms with E-state index in [1.807, 2.05) is 39.8 Å². The second-order valence-electron chi connectivity index (χ2n) is 9.05. The van der Waals surface area contributed by atoms with Crippen LogP contribution in [0.25, 0.3) is 0 Å². The molecule has 2 aromatic rings. The van der Waals surface area contributed by atoms with Gasteiger partial charge in [0.2, 0.25) is 17.6 Å². The molecule has 0 saturated carbocycles. The van der Waals surface area contributed by atoms with E-state index in [0.29, 0.717) is 11.4 Å². The highest BCUT2D eigenvalue weighted by Crippen LogP contribution is 2.17. The number of aromatic nitrogens is 2. The van der Waals surface area contributed by atoms with Gasteiger partial charge in [-0.25, -0.2) is 14.4 Å². The van der Waals surface area contributed by atoms with E-state index in [4.69, 9.17) is 16.3 Å². The smallest absolute Gasteiger partial charge is 0.243 e. The van der Waals surface area contributed by atoms with Crippen molar-refractivity contribution in [3.8, 4) is 11.8 Å². The summed E-state index contributed by atoms with van der Waals surface area (Å²) in [5, 5.41) is 2.63. The van der Waals surface area contributed by atoms with Crippen LogP contribution in [-0.4, -0.2) is 63.9 Å². The lowest BCUT2D eigenvalue weighted by atomic mass is 10.1. The Labute approximate surface area is 240 Å². The number of hydrogen-bond donors (Lipinski definition) is 1. The van der Waals surface area contributed by atoms with Crippen molar-refractivity contribution in [1.82, 2.24) is 25.1 Å². The summed E-state index contributed by atoms with van der Waals surface area (Å²) in [4.78, 5) is 37.2. The van der Waals surface area contributed by atoms with Crippen LogP contribution >= 0.6 is 11.6 Å². The topological polar surface area (TPSA) is 87.7 Å². The molecule has 212 valence electrons. The van der Waals surface area contributed by atoms with E-state index in [0.717, 1.165) is 5.70 Å². The third kappa shape index (κ3) is 9.95. The maximum atomic E-state index is 14.1. The molecule has 0 fully saturated rings. The van der Waals surface area contributed by atoms with E-state index in [1.165, 1.54) is 17.0 Å². The van der Waals surface area contributed by atoms with Crippen molar-refractivity contribution in [2.24, 2.45) is 0 Å². The first kappa shape index (κ1) is 32.2. The number of carbonyl (C=O) groups excluding carboxylic acids is 2. The van der Waals surface area contributed by atoms with Crippen molar-refractivity contribution in [3.05, 3.63) is 95.1 Å². The summed E-state index contributed by atoms with van der Waals surface area (Å²) in [6.45, 7) is 10.9. The van der Waals surface area contributed by atoms with E-state index < -0.39 is 11.7 Å². The Morgan fingerprint density at radius 3 is 2.50 bits per heavy atom. The van der Waals surface area contributed by atoms with Gasteiger partial charge in [-0.3, -0.25) is 9.59 Å². The first-order valence-corrected chi connectivity index (χ1v) is 13.0. The third-order valence-electron chi connectivity index (χ3n) is 5.92. The van der Waals surface area contributed by atoms with E-state index in [-0.39, 0.29) is 48.3 Å². The molecule has 10 heteroatoms. The molecule has 0 aliphatic heterocycles. The van der Waals surface area contributed by atoms with Crippen LogP contribution in [-0.2, 0) is 20.9 Å². The van der Waals surface area contributed by atoms with E-state index in [9.17, 15) is 14.0 Å². The van der Waals surface area contributed by atoms with Gasteiger partial charge in [0.25, 0.3) is 0 Å². The predicted octanol–water partition coefficient (Wildman–Crippen LogP) is 4.48. The lowest BCUT2D eigenvalue weighted by molar-refractivity contribution is -0.138. The molecular weight excluding hydrogens is 533 g/mol. The summed E-state index contributed by atoms with van der Waals surface area (Å²) in [5.41, 5.74) is 1.69. The molecule has 0 spiro atoms. The fraction of sp³-hybridized carbons (Fsp3) is 0.333. The second kappa shape index (κ2) is 16.2. The SMILES string of the molecule is C=CN(CC(=O)N(CC(=O)NCc1cccc(Cl)c1F)C(C)C)/C(C)=C/C=C(/C#Cc1ncccn1)C(C)OC. The number of hydrogen-bond acceptors (Lipinski definition) is 6. The molecule has 0 saturated heterocycles. The number of allylic oxidation sites excluding steroid dienone is 3. The van der Waals surface area contributed by atoms with Gasteiger partial charge in [0.15, 0.2) is 0 Å². The number of halogens is 2. The van der Waals surface area contributed by atoms with Crippen LogP contribution in [0, 0.1) is 17.7 Å². The molecule has 8 nitrogen and oxygen atoms in total. The van der Waals surface area contributed by atoms with E-state index >= 15 is 0 Å². The quantitative estimate of drug-likeness (QED) is 0.300. The predicted molar refractivity (Wildman–Crippen MR) is 154 cm³/mol. The molecule has 0 bridgehead atoms. The standard InChI is InChI=1S/C30H35ClFN5O3/c1-7-36(22(4)12-13-24(23(5)40-6)14-15-27-33-16-9-17-34-27)20-29(39)37(21(2)3)19-28(38)35-18-25-10-8-11-26(31)30(25)32/h7-13,16-17,21,23H,1,18-20H2,2-6H3,(H,35,38)/b22-12+,24-13-.